The van der Waals surface area contributed by atoms with Crippen molar-refractivity contribution in [2.75, 3.05) is 0 Å². The van der Waals surface area contributed by atoms with Crippen molar-refractivity contribution in [1.29, 1.82) is 0 Å². The molecule has 0 saturated carbocycles. The largest absolute Gasteiger partial charge is 0.386 e. The summed E-state index contributed by atoms with van der Waals surface area (Å²) in [6.07, 6.45) is 4.12. The van der Waals surface area contributed by atoms with Gasteiger partial charge in [-0.15, -0.1) is 0 Å². The Labute approximate surface area is 94.4 Å². The van der Waals surface area contributed by atoms with Gasteiger partial charge in [-0.2, -0.15) is 0 Å². The van der Waals surface area contributed by atoms with E-state index in [4.69, 9.17) is 11.6 Å². The number of hydrogen-bond acceptors (Lipinski definition) is 1. The molecule has 1 unspecified atom stereocenters. The molecule has 0 heterocycles. The minimum Gasteiger partial charge on any atom is -0.386 e. The zero-order valence-electron chi connectivity index (χ0n) is 7.19. The van der Waals surface area contributed by atoms with Crippen molar-refractivity contribution in [2.45, 2.75) is 25.9 Å². The van der Waals surface area contributed by atoms with E-state index < -0.39 is 5.60 Å². The quantitative estimate of drug-likeness (QED) is 0.566. The first-order valence-corrected chi connectivity index (χ1v) is 3.66. The fraction of sp³-hybridized carbons (Fsp3) is 0.500. The van der Waals surface area contributed by atoms with Crippen LogP contribution in [-0.2, 0) is 0 Å². The maximum Gasteiger partial charge on any atom is 0.0840 e. The van der Waals surface area contributed by atoms with E-state index in [1.165, 1.54) is 0 Å². The Morgan fingerprint density at radius 3 is 2.55 bits per heavy atom. The second-order valence-electron chi connectivity index (χ2n) is 3.00. The van der Waals surface area contributed by atoms with Crippen molar-refractivity contribution in [1.82, 2.24) is 0 Å². The van der Waals surface area contributed by atoms with E-state index in [0.717, 1.165) is 10.6 Å². The molecule has 0 saturated heterocycles. The van der Waals surface area contributed by atoms with Crippen molar-refractivity contribution >= 4 is 41.2 Å². The van der Waals surface area contributed by atoms with Crippen LogP contribution in [0.5, 0.6) is 0 Å². The molecule has 1 aliphatic carbocycles. The molecular weight excluding hydrogens is 171 g/mol. The summed E-state index contributed by atoms with van der Waals surface area (Å²) in [5.41, 5.74) is 0.358. The molecule has 0 fully saturated rings. The van der Waals surface area contributed by atoms with Gasteiger partial charge in [0.2, 0.25) is 0 Å². The predicted molar refractivity (Wildman–Crippen MR) is 48.7 cm³/mol. The number of halogens is 1. The van der Waals surface area contributed by atoms with Crippen molar-refractivity contribution < 1.29 is 5.11 Å². The third-order valence-electron chi connectivity index (χ3n) is 1.62. The van der Waals surface area contributed by atoms with Gasteiger partial charge in [0.1, 0.15) is 0 Å². The number of aliphatic hydroxyl groups is 1. The van der Waals surface area contributed by atoms with Gasteiger partial charge in [-0.3, -0.25) is 0 Å². The van der Waals surface area contributed by atoms with Gasteiger partial charge in [0.25, 0.3) is 0 Å². The summed E-state index contributed by atoms with van der Waals surface area (Å²) in [6.45, 7) is 3.70. The molecule has 0 aromatic carbocycles. The van der Waals surface area contributed by atoms with Crippen LogP contribution in [0, 0.1) is 0 Å². The molecule has 0 aromatic heterocycles. The van der Waals surface area contributed by atoms with Crippen LogP contribution in [0.3, 0.4) is 0 Å². The van der Waals surface area contributed by atoms with Crippen LogP contribution >= 0.6 is 11.6 Å². The summed E-state index contributed by atoms with van der Waals surface area (Å²) < 4.78 is 0. The van der Waals surface area contributed by atoms with Crippen molar-refractivity contribution in [3.8, 4) is 0 Å². The minimum absolute atomic E-state index is 0. The molecule has 0 aromatic rings. The summed E-state index contributed by atoms with van der Waals surface area (Å²) >= 11 is 5.78. The van der Waals surface area contributed by atoms with Gasteiger partial charge >= 0.3 is 0 Å². The van der Waals surface area contributed by atoms with E-state index in [-0.39, 0.29) is 29.6 Å². The molecule has 0 amide bonds. The number of allylic oxidation sites excluding steroid dienone is 2. The second-order valence-corrected chi connectivity index (χ2v) is 3.40. The molecule has 1 rings (SSSR count). The van der Waals surface area contributed by atoms with Crippen LogP contribution in [0.2, 0.25) is 0 Å². The molecule has 1 radical (unpaired) electrons. The molecule has 11 heavy (non-hydrogen) atoms. The van der Waals surface area contributed by atoms with Crippen LogP contribution < -0.4 is 0 Å². The molecule has 0 bridgehead atoms. The van der Waals surface area contributed by atoms with Crippen LogP contribution in [0.25, 0.3) is 0 Å². The first-order valence-electron chi connectivity index (χ1n) is 3.28. The standard InChI is InChI=1S/C8H11ClO.Na/c1-6-5-8(2,10)4-3-7(6)9;/h3-4,10H,5H2,1-2H3;. The fourth-order valence-electron chi connectivity index (χ4n) is 1.08. The van der Waals surface area contributed by atoms with Gasteiger partial charge in [0.15, 0.2) is 0 Å². The first-order chi connectivity index (χ1) is 4.51. The number of rotatable bonds is 0. The normalized spacial score (nSPS) is 30.2. The summed E-state index contributed by atoms with van der Waals surface area (Å²) in [5.74, 6) is 0. The maximum absolute atomic E-state index is 9.48. The van der Waals surface area contributed by atoms with Crippen LogP contribution in [0.4, 0.5) is 0 Å². The van der Waals surface area contributed by atoms with Gasteiger partial charge in [0, 0.05) is 41.0 Å². The zero-order valence-corrected chi connectivity index (χ0v) is 9.94. The van der Waals surface area contributed by atoms with Crippen LogP contribution in [0.15, 0.2) is 22.8 Å². The summed E-state index contributed by atoms with van der Waals surface area (Å²) in [4.78, 5) is 0. The van der Waals surface area contributed by atoms with Gasteiger partial charge < -0.3 is 5.11 Å². The van der Waals surface area contributed by atoms with Crippen LogP contribution in [-0.4, -0.2) is 40.3 Å². The number of hydrogen-bond donors (Lipinski definition) is 1. The average molecular weight is 182 g/mol. The van der Waals surface area contributed by atoms with E-state index in [2.05, 4.69) is 0 Å². The minimum atomic E-state index is -0.692. The van der Waals surface area contributed by atoms with E-state index in [1.807, 2.05) is 6.92 Å². The van der Waals surface area contributed by atoms with Gasteiger partial charge in [-0.05, 0) is 19.9 Å². The monoisotopic (exact) mass is 181 g/mol. The Morgan fingerprint density at radius 2 is 2.18 bits per heavy atom. The van der Waals surface area contributed by atoms with Crippen molar-refractivity contribution in [2.24, 2.45) is 0 Å². The zero-order chi connectivity index (χ0) is 7.78. The Bertz CT molecular complexity index is 206. The molecule has 0 spiro atoms. The third-order valence-corrected chi connectivity index (χ3v) is 2.07. The fourth-order valence-corrected chi connectivity index (χ4v) is 1.20. The van der Waals surface area contributed by atoms with Crippen molar-refractivity contribution in [3.05, 3.63) is 22.8 Å². The Kier molecular flexibility index (Phi) is 4.38. The Balaban J connectivity index is 0.000001000. The van der Waals surface area contributed by atoms with Crippen molar-refractivity contribution in [3.63, 3.8) is 0 Å². The second kappa shape index (κ2) is 4.11. The summed E-state index contributed by atoms with van der Waals surface area (Å²) in [6, 6.07) is 0. The van der Waals surface area contributed by atoms with Gasteiger partial charge in [-0.1, -0.05) is 23.3 Å². The Morgan fingerprint density at radius 1 is 1.64 bits per heavy atom. The van der Waals surface area contributed by atoms with E-state index in [9.17, 15) is 5.11 Å². The molecule has 1 N–H and O–H groups in total. The summed E-state index contributed by atoms with van der Waals surface area (Å²) in [5, 5.41) is 10.2. The summed E-state index contributed by atoms with van der Waals surface area (Å²) in [7, 11) is 0. The predicted octanol–water partition coefficient (Wildman–Crippen LogP) is 1.83. The van der Waals surface area contributed by atoms with Gasteiger partial charge in [0.05, 0.1) is 5.60 Å². The molecular formula is C8H11ClNaO. The Hall–Kier alpha value is 0.730. The molecule has 0 aliphatic heterocycles. The maximum atomic E-state index is 9.48. The average Bonchev–Trinajstić information content (AvgIpc) is 1.79. The molecule has 57 valence electrons. The smallest absolute Gasteiger partial charge is 0.0840 e. The van der Waals surface area contributed by atoms with Gasteiger partial charge in [-0.25, -0.2) is 0 Å². The molecule has 1 nitrogen and oxygen atoms in total. The molecule has 3 heteroatoms. The molecule has 1 atom stereocenters. The van der Waals surface area contributed by atoms with Crippen LogP contribution in [0.1, 0.15) is 20.3 Å². The first kappa shape index (κ1) is 11.7. The SMILES string of the molecule is CC1=C(Cl)C=CC(C)(O)C1.[Na]. The van der Waals surface area contributed by atoms with E-state index >= 15 is 0 Å². The topological polar surface area (TPSA) is 20.2 Å². The van der Waals surface area contributed by atoms with E-state index in [0.29, 0.717) is 6.42 Å². The third kappa shape index (κ3) is 3.30. The molecule has 1 aliphatic rings. The van der Waals surface area contributed by atoms with E-state index in [1.54, 1.807) is 19.1 Å².